The molecule has 0 fully saturated rings. The van der Waals surface area contributed by atoms with Gasteiger partial charge in [-0.25, -0.2) is 0 Å². The molecule has 1 rings (SSSR count). The minimum Gasteiger partial charge on any atom is -0.465 e. The second-order valence-corrected chi connectivity index (χ2v) is 2.71. The van der Waals surface area contributed by atoms with Gasteiger partial charge in [0.25, 0.3) is 0 Å². The summed E-state index contributed by atoms with van der Waals surface area (Å²) in [5.74, 6) is 1.78. The lowest BCUT2D eigenvalue weighted by atomic mass is 10.2. The first kappa shape index (κ1) is 8.82. The van der Waals surface area contributed by atoms with Crippen LogP contribution in [0.3, 0.4) is 0 Å². The molecule has 3 nitrogen and oxygen atoms in total. The van der Waals surface area contributed by atoms with Crippen molar-refractivity contribution in [2.24, 2.45) is 0 Å². The molecule has 3 heteroatoms. The van der Waals surface area contributed by atoms with Gasteiger partial charge in [-0.3, -0.25) is 5.32 Å². The summed E-state index contributed by atoms with van der Waals surface area (Å²) in [6, 6.07) is 5.97. The summed E-state index contributed by atoms with van der Waals surface area (Å²) in [6.07, 6.45) is 0. The molecule has 64 valence electrons. The SMILES string of the molecule is Cc1ccc(C(C)NCC#N)o1. The molecule has 1 atom stereocenters. The topological polar surface area (TPSA) is 49.0 Å². The predicted molar refractivity (Wildman–Crippen MR) is 45.5 cm³/mol. The maximum absolute atomic E-state index is 8.32. The van der Waals surface area contributed by atoms with Gasteiger partial charge in [0.05, 0.1) is 18.7 Å². The highest BCUT2D eigenvalue weighted by Gasteiger charge is 2.07. The minimum atomic E-state index is 0.110. The van der Waals surface area contributed by atoms with Crippen LogP contribution in [0.4, 0.5) is 0 Å². The van der Waals surface area contributed by atoms with Gasteiger partial charge in [0.2, 0.25) is 0 Å². The fourth-order valence-corrected chi connectivity index (χ4v) is 0.985. The zero-order valence-corrected chi connectivity index (χ0v) is 7.29. The Morgan fingerprint density at radius 3 is 2.92 bits per heavy atom. The van der Waals surface area contributed by atoms with Crippen LogP contribution < -0.4 is 5.32 Å². The van der Waals surface area contributed by atoms with Crippen LogP contribution >= 0.6 is 0 Å². The predicted octanol–water partition coefficient (Wildman–Crippen LogP) is 1.76. The summed E-state index contributed by atoms with van der Waals surface area (Å²) < 4.78 is 5.37. The van der Waals surface area contributed by atoms with Gasteiger partial charge in [0.15, 0.2) is 0 Å². The summed E-state index contributed by atoms with van der Waals surface area (Å²) in [5.41, 5.74) is 0. The number of nitrogens with zero attached hydrogens (tertiary/aromatic N) is 1. The Hall–Kier alpha value is -1.27. The molecule has 0 spiro atoms. The molecular formula is C9H12N2O. The quantitative estimate of drug-likeness (QED) is 0.692. The molecule has 1 heterocycles. The van der Waals surface area contributed by atoms with Crippen LogP contribution in [-0.2, 0) is 0 Å². The lowest BCUT2D eigenvalue weighted by Gasteiger charge is -2.06. The van der Waals surface area contributed by atoms with Crippen molar-refractivity contribution in [2.45, 2.75) is 19.9 Å². The lowest BCUT2D eigenvalue weighted by molar-refractivity contribution is 0.426. The van der Waals surface area contributed by atoms with Crippen molar-refractivity contribution in [3.63, 3.8) is 0 Å². The zero-order chi connectivity index (χ0) is 8.97. The fraction of sp³-hybridized carbons (Fsp3) is 0.444. The fourth-order valence-electron chi connectivity index (χ4n) is 0.985. The van der Waals surface area contributed by atoms with E-state index in [2.05, 4.69) is 5.32 Å². The second-order valence-electron chi connectivity index (χ2n) is 2.71. The van der Waals surface area contributed by atoms with E-state index in [0.717, 1.165) is 11.5 Å². The molecule has 0 aliphatic rings. The number of aryl methyl sites for hydroxylation is 1. The summed E-state index contributed by atoms with van der Waals surface area (Å²) in [7, 11) is 0. The van der Waals surface area contributed by atoms with E-state index in [4.69, 9.17) is 9.68 Å². The van der Waals surface area contributed by atoms with E-state index in [-0.39, 0.29) is 6.04 Å². The molecule has 0 bridgehead atoms. The molecule has 1 aromatic rings. The maximum Gasteiger partial charge on any atom is 0.120 e. The van der Waals surface area contributed by atoms with Crippen molar-refractivity contribution in [3.8, 4) is 6.07 Å². The third-order valence-electron chi connectivity index (χ3n) is 1.68. The van der Waals surface area contributed by atoms with Gasteiger partial charge in [-0.05, 0) is 26.0 Å². The number of hydrogen-bond donors (Lipinski definition) is 1. The van der Waals surface area contributed by atoms with Gasteiger partial charge in [0.1, 0.15) is 11.5 Å². The number of nitrogens with one attached hydrogen (secondary N) is 1. The average molecular weight is 164 g/mol. The van der Waals surface area contributed by atoms with E-state index in [1.54, 1.807) is 0 Å². The van der Waals surface area contributed by atoms with Crippen molar-refractivity contribution < 1.29 is 4.42 Å². The molecule has 1 N–H and O–H groups in total. The molecule has 0 saturated carbocycles. The summed E-state index contributed by atoms with van der Waals surface area (Å²) >= 11 is 0. The average Bonchev–Trinajstić information content (AvgIpc) is 2.47. The smallest absolute Gasteiger partial charge is 0.120 e. The third-order valence-corrected chi connectivity index (χ3v) is 1.68. The summed E-state index contributed by atoms with van der Waals surface area (Å²) in [5, 5.41) is 11.3. The van der Waals surface area contributed by atoms with E-state index in [0.29, 0.717) is 6.54 Å². The van der Waals surface area contributed by atoms with E-state index in [9.17, 15) is 0 Å². The molecule has 0 radical (unpaired) electrons. The van der Waals surface area contributed by atoms with Crippen molar-refractivity contribution in [1.29, 1.82) is 5.26 Å². The molecule has 1 aromatic heterocycles. The van der Waals surface area contributed by atoms with Crippen LogP contribution in [0.2, 0.25) is 0 Å². The third kappa shape index (κ3) is 2.11. The first-order valence-corrected chi connectivity index (χ1v) is 3.90. The van der Waals surface area contributed by atoms with Crippen LogP contribution in [0.25, 0.3) is 0 Å². The Labute approximate surface area is 72.0 Å². The number of nitriles is 1. The van der Waals surface area contributed by atoms with Crippen molar-refractivity contribution >= 4 is 0 Å². The first-order valence-electron chi connectivity index (χ1n) is 3.90. The molecule has 0 aliphatic carbocycles. The van der Waals surface area contributed by atoms with Crippen LogP contribution in [0.1, 0.15) is 24.5 Å². The van der Waals surface area contributed by atoms with Crippen LogP contribution in [-0.4, -0.2) is 6.54 Å². The van der Waals surface area contributed by atoms with Crippen molar-refractivity contribution in [3.05, 3.63) is 23.7 Å². The van der Waals surface area contributed by atoms with Gasteiger partial charge < -0.3 is 4.42 Å². The van der Waals surface area contributed by atoms with Crippen LogP contribution in [0.15, 0.2) is 16.5 Å². The van der Waals surface area contributed by atoms with E-state index in [1.807, 2.05) is 32.0 Å². The Balaban J connectivity index is 2.54. The molecule has 0 amide bonds. The summed E-state index contributed by atoms with van der Waals surface area (Å²) in [4.78, 5) is 0. The molecule has 0 saturated heterocycles. The number of hydrogen-bond acceptors (Lipinski definition) is 3. The largest absolute Gasteiger partial charge is 0.465 e. The van der Waals surface area contributed by atoms with Crippen LogP contribution in [0, 0.1) is 18.3 Å². The molecule has 0 aromatic carbocycles. The summed E-state index contributed by atoms with van der Waals surface area (Å²) in [6.45, 7) is 4.22. The Bertz CT molecular complexity index is 285. The van der Waals surface area contributed by atoms with Crippen LogP contribution in [0.5, 0.6) is 0 Å². The zero-order valence-electron chi connectivity index (χ0n) is 7.29. The first-order chi connectivity index (χ1) is 5.74. The molecular weight excluding hydrogens is 152 g/mol. The highest BCUT2D eigenvalue weighted by molar-refractivity contribution is 5.09. The normalized spacial score (nSPS) is 12.4. The lowest BCUT2D eigenvalue weighted by Crippen LogP contribution is -2.17. The van der Waals surface area contributed by atoms with Gasteiger partial charge in [-0.1, -0.05) is 0 Å². The Morgan fingerprint density at radius 1 is 1.67 bits per heavy atom. The Morgan fingerprint density at radius 2 is 2.42 bits per heavy atom. The molecule has 12 heavy (non-hydrogen) atoms. The highest BCUT2D eigenvalue weighted by atomic mass is 16.3. The van der Waals surface area contributed by atoms with Gasteiger partial charge in [0, 0.05) is 0 Å². The van der Waals surface area contributed by atoms with Gasteiger partial charge in [-0.15, -0.1) is 0 Å². The van der Waals surface area contributed by atoms with E-state index in [1.165, 1.54) is 0 Å². The van der Waals surface area contributed by atoms with Gasteiger partial charge >= 0.3 is 0 Å². The second kappa shape index (κ2) is 3.93. The standard InChI is InChI=1S/C9H12N2O/c1-7-3-4-9(12-7)8(2)11-6-5-10/h3-4,8,11H,6H2,1-2H3. The Kier molecular flexibility index (Phi) is 2.89. The molecule has 0 aliphatic heterocycles. The minimum absolute atomic E-state index is 0.110. The molecule has 1 unspecified atom stereocenters. The monoisotopic (exact) mass is 164 g/mol. The highest BCUT2D eigenvalue weighted by Crippen LogP contribution is 2.14. The number of furan rings is 1. The maximum atomic E-state index is 8.32. The van der Waals surface area contributed by atoms with E-state index < -0.39 is 0 Å². The van der Waals surface area contributed by atoms with E-state index >= 15 is 0 Å². The van der Waals surface area contributed by atoms with Crippen molar-refractivity contribution in [2.75, 3.05) is 6.54 Å². The number of rotatable bonds is 3. The van der Waals surface area contributed by atoms with Gasteiger partial charge in [-0.2, -0.15) is 5.26 Å². The van der Waals surface area contributed by atoms with Crippen molar-refractivity contribution in [1.82, 2.24) is 5.32 Å².